The van der Waals surface area contributed by atoms with Crippen LogP contribution in [0.25, 0.3) is 0 Å². The number of methoxy groups -OCH3 is 1. The summed E-state index contributed by atoms with van der Waals surface area (Å²) in [4.78, 5) is 15.1. The van der Waals surface area contributed by atoms with Crippen molar-refractivity contribution in [2.75, 3.05) is 25.7 Å². The highest BCUT2D eigenvalue weighted by molar-refractivity contribution is 5.89. The van der Waals surface area contributed by atoms with Crippen LogP contribution in [0.5, 0.6) is 5.75 Å². The molecule has 2 N–H and O–H groups in total. The van der Waals surface area contributed by atoms with E-state index in [4.69, 9.17) is 18.9 Å². The van der Waals surface area contributed by atoms with Gasteiger partial charge in [-0.05, 0) is 73.6 Å². The number of rotatable bonds is 3. The number of aliphatic hydroxyl groups is 2. The Morgan fingerprint density at radius 1 is 1.18 bits per heavy atom. The Labute approximate surface area is 236 Å². The number of para-hydroxylation sites is 2. The van der Waals surface area contributed by atoms with E-state index < -0.39 is 41.2 Å². The van der Waals surface area contributed by atoms with Crippen LogP contribution in [-0.2, 0) is 14.2 Å². The second-order valence-corrected chi connectivity index (χ2v) is 13.7. The molecule has 5 aliphatic rings. The maximum Gasteiger partial charge on any atom is 0.414 e. The molecule has 3 fully saturated rings. The van der Waals surface area contributed by atoms with Crippen LogP contribution in [0.15, 0.2) is 47.6 Å². The number of carbonyl (C=O) groups is 1. The van der Waals surface area contributed by atoms with Gasteiger partial charge in [-0.15, -0.1) is 0 Å². The van der Waals surface area contributed by atoms with E-state index in [2.05, 4.69) is 26.8 Å². The van der Waals surface area contributed by atoms with Gasteiger partial charge in [0.05, 0.1) is 30.9 Å². The Balaban J connectivity index is 1.46. The van der Waals surface area contributed by atoms with Gasteiger partial charge in [0.2, 0.25) is 0 Å². The Bertz CT molecular complexity index is 1290. The zero-order chi connectivity index (χ0) is 29.0. The van der Waals surface area contributed by atoms with Crippen molar-refractivity contribution in [3.8, 4) is 5.75 Å². The molecule has 1 aromatic rings. The summed E-state index contributed by atoms with van der Waals surface area (Å²) in [6.45, 7) is 12.5. The lowest BCUT2D eigenvalue weighted by Gasteiger charge is -2.55. The lowest BCUT2D eigenvalue weighted by Crippen LogP contribution is -2.69. The lowest BCUT2D eigenvalue weighted by atomic mass is 9.58. The first-order chi connectivity index (χ1) is 18.7. The minimum Gasteiger partial charge on any atom is -0.495 e. The highest BCUT2D eigenvalue weighted by Gasteiger charge is 2.77. The summed E-state index contributed by atoms with van der Waals surface area (Å²) in [6, 6.07) is 7.21. The monoisotopic (exact) mass is 553 g/mol. The van der Waals surface area contributed by atoms with Crippen molar-refractivity contribution in [2.24, 2.45) is 34.5 Å². The van der Waals surface area contributed by atoms with Crippen LogP contribution in [0.3, 0.4) is 0 Å². The number of hydrogen-bond acceptors (Lipinski definition) is 7. The van der Waals surface area contributed by atoms with E-state index in [1.807, 2.05) is 39.0 Å². The molecule has 2 saturated carbocycles. The number of anilines is 1. The van der Waals surface area contributed by atoms with E-state index in [1.54, 1.807) is 26.3 Å². The average Bonchev–Trinajstić information content (AvgIpc) is 3.40. The first kappa shape index (κ1) is 27.8. The van der Waals surface area contributed by atoms with Crippen LogP contribution < -0.4 is 9.64 Å². The number of nitrogens with zero attached hydrogens (tertiary/aromatic N) is 1. The summed E-state index contributed by atoms with van der Waals surface area (Å²) in [5, 5.41) is 25.6. The fourth-order valence-electron chi connectivity index (χ4n) is 8.79. The molecule has 0 aromatic heterocycles. The fraction of sp³-hybridized carbons (Fsp3) is 0.656. The van der Waals surface area contributed by atoms with Gasteiger partial charge in [0.15, 0.2) is 11.9 Å². The van der Waals surface area contributed by atoms with Crippen molar-refractivity contribution in [1.29, 1.82) is 0 Å². The molecular formula is C32H43NO7. The number of carbonyl (C=O) groups excluding carboxylic acids is 1. The minimum absolute atomic E-state index is 0.0901. The normalized spacial score (nSPS) is 42.1. The fourth-order valence-corrected chi connectivity index (χ4v) is 8.79. The second-order valence-electron chi connectivity index (χ2n) is 13.7. The van der Waals surface area contributed by atoms with Crippen LogP contribution in [0.1, 0.15) is 48.0 Å². The van der Waals surface area contributed by atoms with Gasteiger partial charge in [-0.3, -0.25) is 4.90 Å². The molecule has 1 aromatic carbocycles. The Kier molecular flexibility index (Phi) is 6.11. The number of aliphatic hydroxyl groups excluding tert-OH is 1. The second kappa shape index (κ2) is 8.81. The summed E-state index contributed by atoms with van der Waals surface area (Å²) in [6.07, 6.45) is 1.56. The highest BCUT2D eigenvalue weighted by atomic mass is 16.7. The summed E-state index contributed by atoms with van der Waals surface area (Å²) >= 11 is 0. The summed E-state index contributed by atoms with van der Waals surface area (Å²) < 4.78 is 24.3. The van der Waals surface area contributed by atoms with Crippen LogP contribution in [0.2, 0.25) is 0 Å². The van der Waals surface area contributed by atoms with Gasteiger partial charge < -0.3 is 29.2 Å². The molecule has 40 heavy (non-hydrogen) atoms. The number of hydrogen-bond donors (Lipinski definition) is 2. The lowest BCUT2D eigenvalue weighted by molar-refractivity contribution is -0.311. The Hall–Kier alpha value is -2.39. The number of benzene rings is 1. The molecule has 218 valence electrons. The third-order valence-corrected chi connectivity index (χ3v) is 10.9. The molecule has 6 rings (SSSR count). The number of amides is 1. The number of fused-ring (bicyclic) bond motifs is 5. The molecule has 4 aliphatic carbocycles. The van der Waals surface area contributed by atoms with Gasteiger partial charge in [0, 0.05) is 13.0 Å². The summed E-state index contributed by atoms with van der Waals surface area (Å²) in [7, 11) is 3.17. The van der Waals surface area contributed by atoms with Gasteiger partial charge in [0.1, 0.15) is 17.5 Å². The van der Waals surface area contributed by atoms with E-state index in [1.165, 1.54) is 4.90 Å². The zero-order valence-electron chi connectivity index (χ0n) is 24.8. The molecule has 2 bridgehead atoms. The largest absolute Gasteiger partial charge is 0.495 e. The maximum absolute atomic E-state index is 13.7. The molecule has 9 atom stereocenters. The molecule has 1 unspecified atom stereocenters. The van der Waals surface area contributed by atoms with Gasteiger partial charge in [-0.25, -0.2) is 4.79 Å². The van der Waals surface area contributed by atoms with Crippen molar-refractivity contribution in [3.63, 3.8) is 0 Å². The smallest absolute Gasteiger partial charge is 0.414 e. The summed E-state index contributed by atoms with van der Waals surface area (Å²) in [5.74, 6) is -0.0148. The first-order valence-corrected chi connectivity index (χ1v) is 14.4. The van der Waals surface area contributed by atoms with Crippen molar-refractivity contribution in [3.05, 3.63) is 47.6 Å². The number of ether oxygens (including phenoxy) is 4. The average molecular weight is 554 g/mol. The van der Waals surface area contributed by atoms with Gasteiger partial charge in [-0.2, -0.15) is 0 Å². The van der Waals surface area contributed by atoms with E-state index in [0.29, 0.717) is 22.9 Å². The van der Waals surface area contributed by atoms with Gasteiger partial charge >= 0.3 is 6.09 Å². The standard InChI is InChI=1S/C32H43NO7/c1-17-15-31-18(2)13-21-24(29(21,3)4)20(25(31)34)14-19-16-38-30(5,6)40-27(19)32(31,36)26(17)39-28(35)33(7)22-11-9-10-12-23(22)37-8/h9-12,14-15,18,20-21,24-27,34,36H,13,16H2,1-8H3/t18-,20+,21-,24+,25?,26+,27-,31+,32-/m1/s1. The van der Waals surface area contributed by atoms with Crippen molar-refractivity contribution >= 4 is 11.8 Å². The van der Waals surface area contributed by atoms with E-state index >= 15 is 0 Å². The highest BCUT2D eigenvalue weighted by Crippen LogP contribution is 2.73. The molecule has 1 saturated heterocycles. The van der Waals surface area contributed by atoms with Crippen LogP contribution in [0.4, 0.5) is 10.5 Å². The molecule has 1 spiro atoms. The molecule has 0 radical (unpaired) electrons. The van der Waals surface area contributed by atoms with Crippen LogP contribution in [0, 0.1) is 34.5 Å². The Morgan fingerprint density at radius 2 is 1.88 bits per heavy atom. The van der Waals surface area contributed by atoms with Crippen LogP contribution in [-0.4, -0.2) is 66.8 Å². The minimum atomic E-state index is -1.75. The topological polar surface area (TPSA) is 97.7 Å². The third-order valence-electron chi connectivity index (χ3n) is 10.9. The molecule has 1 aliphatic heterocycles. The van der Waals surface area contributed by atoms with Crippen LogP contribution >= 0.6 is 0 Å². The Morgan fingerprint density at radius 3 is 2.58 bits per heavy atom. The molecule has 1 amide bonds. The summed E-state index contributed by atoms with van der Waals surface area (Å²) in [5.41, 5.74) is -0.701. The van der Waals surface area contributed by atoms with E-state index in [-0.39, 0.29) is 29.8 Å². The predicted molar refractivity (Wildman–Crippen MR) is 150 cm³/mol. The molecular weight excluding hydrogens is 510 g/mol. The van der Waals surface area contributed by atoms with Crippen molar-refractivity contribution in [2.45, 2.75) is 77.7 Å². The van der Waals surface area contributed by atoms with Crippen molar-refractivity contribution < 1.29 is 34.0 Å². The van der Waals surface area contributed by atoms with Gasteiger partial charge in [-0.1, -0.05) is 45.1 Å². The third kappa shape index (κ3) is 3.55. The molecule has 1 heterocycles. The predicted octanol–water partition coefficient (Wildman–Crippen LogP) is 4.69. The molecule has 8 heteroatoms. The SMILES string of the molecule is COc1ccccc1N(C)C(=O)O[C@H]1C(C)=C[C@]23C(O)[C@@H](C=C4COC(C)(C)O[C@H]4[C@]12O)[C@H]1[C@@H](C[C@H]3C)C1(C)C. The first-order valence-electron chi connectivity index (χ1n) is 14.4. The van der Waals surface area contributed by atoms with E-state index in [0.717, 1.165) is 12.0 Å². The molecule has 8 nitrogen and oxygen atoms in total. The maximum atomic E-state index is 13.7. The van der Waals surface area contributed by atoms with Crippen molar-refractivity contribution in [1.82, 2.24) is 0 Å². The zero-order valence-corrected chi connectivity index (χ0v) is 24.8. The quantitative estimate of drug-likeness (QED) is 0.524. The van der Waals surface area contributed by atoms with E-state index in [9.17, 15) is 15.0 Å². The van der Waals surface area contributed by atoms with Gasteiger partial charge in [0.25, 0.3) is 0 Å².